The van der Waals surface area contributed by atoms with Crippen molar-refractivity contribution in [1.82, 2.24) is 10.2 Å². The molecule has 1 aromatic carbocycles. The van der Waals surface area contributed by atoms with Crippen LogP contribution >= 0.6 is 11.8 Å². The van der Waals surface area contributed by atoms with Crippen molar-refractivity contribution in [2.24, 2.45) is 0 Å². The predicted molar refractivity (Wildman–Crippen MR) is 52.3 cm³/mol. The van der Waals surface area contributed by atoms with Gasteiger partial charge in [-0.3, -0.25) is 5.10 Å². The lowest BCUT2D eigenvalue weighted by Crippen LogP contribution is -1.82. The van der Waals surface area contributed by atoms with Gasteiger partial charge in [0.05, 0.1) is 5.52 Å². The van der Waals surface area contributed by atoms with E-state index in [1.54, 1.807) is 11.8 Å². The van der Waals surface area contributed by atoms with Crippen LogP contribution in [-0.2, 0) is 0 Å². The van der Waals surface area contributed by atoms with Gasteiger partial charge in [0.1, 0.15) is 5.03 Å². The summed E-state index contributed by atoms with van der Waals surface area (Å²) in [6, 6.07) is 5.74. The number of benzene rings is 1. The Balaban J connectivity index is 2.75. The van der Waals surface area contributed by atoms with Crippen LogP contribution in [0.25, 0.3) is 10.9 Å². The average molecular weight is 179 g/mol. The molecule has 3 N–H and O–H groups in total. The molecule has 12 heavy (non-hydrogen) atoms. The minimum atomic E-state index is 0.777. The highest BCUT2D eigenvalue weighted by Gasteiger charge is 2.03. The van der Waals surface area contributed by atoms with Crippen LogP contribution in [0.3, 0.4) is 0 Å². The molecule has 0 aliphatic heterocycles. The van der Waals surface area contributed by atoms with Gasteiger partial charge in [0.15, 0.2) is 0 Å². The maximum Gasteiger partial charge on any atom is 0.126 e. The molecule has 0 amide bonds. The van der Waals surface area contributed by atoms with Crippen LogP contribution in [0.2, 0.25) is 0 Å². The molecule has 0 saturated carbocycles. The summed E-state index contributed by atoms with van der Waals surface area (Å²) in [7, 11) is 0. The van der Waals surface area contributed by atoms with Crippen LogP contribution in [-0.4, -0.2) is 16.5 Å². The molecular formula is C8H9N3S. The molecule has 4 heteroatoms. The van der Waals surface area contributed by atoms with Crippen LogP contribution in [0.4, 0.5) is 5.69 Å². The molecule has 0 atom stereocenters. The van der Waals surface area contributed by atoms with Crippen molar-refractivity contribution in [2.75, 3.05) is 12.0 Å². The molecule has 1 aromatic heterocycles. The second-order valence-corrected chi connectivity index (χ2v) is 3.33. The summed E-state index contributed by atoms with van der Waals surface area (Å²) in [4.78, 5) is 0. The van der Waals surface area contributed by atoms with Crippen molar-refractivity contribution in [3.8, 4) is 0 Å². The summed E-state index contributed by atoms with van der Waals surface area (Å²) in [6.07, 6.45) is 2.00. The SMILES string of the molecule is CSc1n[nH]c2ccc(N)cc12. The lowest BCUT2D eigenvalue weighted by Gasteiger charge is -1.93. The first-order chi connectivity index (χ1) is 5.81. The zero-order chi connectivity index (χ0) is 8.55. The Labute approximate surface area is 74.3 Å². The van der Waals surface area contributed by atoms with Gasteiger partial charge in [0.2, 0.25) is 0 Å². The molecule has 1 heterocycles. The monoisotopic (exact) mass is 179 g/mol. The largest absolute Gasteiger partial charge is 0.399 e. The van der Waals surface area contributed by atoms with Crippen LogP contribution in [0, 0.1) is 0 Å². The number of nitrogen functional groups attached to an aromatic ring is 1. The third-order valence-electron chi connectivity index (χ3n) is 1.75. The number of aromatic nitrogens is 2. The number of H-pyrrole nitrogens is 1. The first kappa shape index (κ1) is 7.49. The van der Waals surface area contributed by atoms with Crippen molar-refractivity contribution in [3.63, 3.8) is 0 Å². The molecule has 0 aliphatic carbocycles. The van der Waals surface area contributed by atoms with E-state index in [-0.39, 0.29) is 0 Å². The molecular weight excluding hydrogens is 170 g/mol. The number of hydrogen-bond donors (Lipinski definition) is 2. The number of nitrogens with two attached hydrogens (primary N) is 1. The minimum absolute atomic E-state index is 0.777. The van der Waals surface area contributed by atoms with Crippen molar-refractivity contribution >= 4 is 28.4 Å². The summed E-state index contributed by atoms with van der Waals surface area (Å²) in [6.45, 7) is 0. The van der Waals surface area contributed by atoms with Gasteiger partial charge in [0.25, 0.3) is 0 Å². The first-order valence-electron chi connectivity index (χ1n) is 3.59. The third-order valence-corrected chi connectivity index (χ3v) is 2.44. The highest BCUT2D eigenvalue weighted by molar-refractivity contribution is 7.98. The summed E-state index contributed by atoms with van der Waals surface area (Å²) in [5, 5.41) is 9.17. The standard InChI is InChI=1S/C8H9N3S/c1-12-8-6-4-5(9)2-3-7(6)10-11-8/h2-4H,9H2,1H3,(H,10,11). The smallest absolute Gasteiger partial charge is 0.126 e. The van der Waals surface area contributed by atoms with E-state index in [0.717, 1.165) is 21.6 Å². The average Bonchev–Trinajstić information content (AvgIpc) is 2.46. The number of fused-ring (bicyclic) bond motifs is 1. The summed E-state index contributed by atoms with van der Waals surface area (Å²) in [5.41, 5.74) is 7.47. The molecule has 0 spiro atoms. The number of aromatic amines is 1. The van der Waals surface area contributed by atoms with Gasteiger partial charge in [-0.1, -0.05) is 0 Å². The zero-order valence-corrected chi connectivity index (χ0v) is 7.48. The summed E-state index contributed by atoms with van der Waals surface area (Å²) < 4.78 is 0. The fraction of sp³-hybridized carbons (Fsp3) is 0.125. The van der Waals surface area contributed by atoms with E-state index in [1.165, 1.54) is 0 Å². The Morgan fingerprint density at radius 2 is 2.33 bits per heavy atom. The van der Waals surface area contributed by atoms with Gasteiger partial charge in [0, 0.05) is 11.1 Å². The molecule has 0 aliphatic rings. The van der Waals surface area contributed by atoms with E-state index >= 15 is 0 Å². The second-order valence-electron chi connectivity index (χ2n) is 2.54. The van der Waals surface area contributed by atoms with Crippen molar-refractivity contribution in [1.29, 1.82) is 0 Å². The van der Waals surface area contributed by atoms with E-state index in [0.29, 0.717) is 0 Å². The van der Waals surface area contributed by atoms with Gasteiger partial charge < -0.3 is 5.73 Å². The lowest BCUT2D eigenvalue weighted by molar-refractivity contribution is 1.03. The molecule has 0 saturated heterocycles. The van der Waals surface area contributed by atoms with Crippen molar-refractivity contribution < 1.29 is 0 Å². The summed E-state index contributed by atoms with van der Waals surface area (Å²) >= 11 is 1.62. The van der Waals surface area contributed by atoms with Crippen LogP contribution in [0.1, 0.15) is 0 Å². The maximum absolute atomic E-state index is 5.66. The predicted octanol–water partition coefficient (Wildman–Crippen LogP) is 1.87. The van der Waals surface area contributed by atoms with Gasteiger partial charge in [-0.25, -0.2) is 0 Å². The Morgan fingerprint density at radius 3 is 3.08 bits per heavy atom. The first-order valence-corrected chi connectivity index (χ1v) is 4.81. The van der Waals surface area contributed by atoms with Crippen LogP contribution in [0.5, 0.6) is 0 Å². The van der Waals surface area contributed by atoms with E-state index in [1.807, 2.05) is 24.5 Å². The van der Waals surface area contributed by atoms with Crippen molar-refractivity contribution in [3.05, 3.63) is 18.2 Å². The number of nitrogens with zero attached hydrogens (tertiary/aromatic N) is 1. The molecule has 0 bridgehead atoms. The maximum atomic E-state index is 5.66. The fourth-order valence-corrected chi connectivity index (χ4v) is 1.69. The van der Waals surface area contributed by atoms with Crippen molar-refractivity contribution in [2.45, 2.75) is 5.03 Å². The van der Waals surface area contributed by atoms with E-state index in [9.17, 15) is 0 Å². The topological polar surface area (TPSA) is 54.7 Å². The van der Waals surface area contributed by atoms with Gasteiger partial charge in [-0.15, -0.1) is 11.8 Å². The normalized spacial score (nSPS) is 10.8. The van der Waals surface area contributed by atoms with Crippen LogP contribution < -0.4 is 5.73 Å². The Bertz CT molecular complexity index is 408. The highest BCUT2D eigenvalue weighted by Crippen LogP contribution is 2.24. The van der Waals surface area contributed by atoms with E-state index in [2.05, 4.69) is 10.2 Å². The third kappa shape index (κ3) is 1.04. The summed E-state index contributed by atoms with van der Waals surface area (Å²) in [5.74, 6) is 0. The molecule has 62 valence electrons. The van der Waals surface area contributed by atoms with E-state index in [4.69, 9.17) is 5.73 Å². The fourth-order valence-electron chi connectivity index (χ4n) is 1.16. The number of nitrogens with one attached hydrogen (secondary N) is 1. The molecule has 2 aromatic rings. The molecule has 2 rings (SSSR count). The number of rotatable bonds is 1. The Kier molecular flexibility index (Phi) is 1.69. The molecule has 3 nitrogen and oxygen atoms in total. The Hall–Kier alpha value is -1.16. The highest BCUT2D eigenvalue weighted by atomic mass is 32.2. The number of hydrogen-bond acceptors (Lipinski definition) is 3. The quantitative estimate of drug-likeness (QED) is 0.519. The molecule has 0 fully saturated rings. The van der Waals surface area contributed by atoms with Gasteiger partial charge in [-0.2, -0.15) is 5.10 Å². The Morgan fingerprint density at radius 1 is 1.50 bits per heavy atom. The number of thioether (sulfide) groups is 1. The lowest BCUT2D eigenvalue weighted by atomic mass is 10.2. The van der Waals surface area contributed by atoms with Gasteiger partial charge in [-0.05, 0) is 24.5 Å². The molecule has 0 unspecified atom stereocenters. The zero-order valence-electron chi connectivity index (χ0n) is 6.66. The second kappa shape index (κ2) is 2.71. The minimum Gasteiger partial charge on any atom is -0.399 e. The van der Waals surface area contributed by atoms with Crippen LogP contribution in [0.15, 0.2) is 23.2 Å². The molecule has 0 radical (unpaired) electrons. The van der Waals surface area contributed by atoms with Gasteiger partial charge >= 0.3 is 0 Å². The number of anilines is 1. The van der Waals surface area contributed by atoms with E-state index < -0.39 is 0 Å².